The Kier molecular flexibility index (Phi) is 5.62. The molecule has 3 aromatic carbocycles. The van der Waals surface area contributed by atoms with Gasteiger partial charge in [-0.05, 0) is 36.2 Å². The van der Waals surface area contributed by atoms with Crippen molar-refractivity contribution in [2.45, 2.75) is 19.5 Å². The lowest BCUT2D eigenvalue weighted by Gasteiger charge is -2.12. The molecule has 5 aromatic rings. The van der Waals surface area contributed by atoms with Crippen LogP contribution < -0.4 is 11.2 Å². The number of benzene rings is 3. The summed E-state index contributed by atoms with van der Waals surface area (Å²) in [6, 6.07) is 24.0. The number of fused-ring (bicyclic) bond motifs is 1. The lowest BCUT2D eigenvalue weighted by Crippen LogP contribution is -2.40. The Bertz CT molecular complexity index is 1550. The Hall–Kier alpha value is -3.97. The molecule has 0 spiro atoms. The summed E-state index contributed by atoms with van der Waals surface area (Å²) in [5.74, 6) is 0.579. The van der Waals surface area contributed by atoms with E-state index in [9.17, 15) is 9.59 Å². The van der Waals surface area contributed by atoms with Gasteiger partial charge in [0.25, 0.3) is 5.56 Å². The summed E-state index contributed by atoms with van der Waals surface area (Å²) in [7, 11) is 0. The average Bonchev–Trinajstić information content (AvgIpc) is 3.31. The fourth-order valence-electron chi connectivity index (χ4n) is 3.81. The van der Waals surface area contributed by atoms with Crippen molar-refractivity contribution >= 4 is 22.5 Å². The molecule has 164 valence electrons. The number of nitrogens with zero attached hydrogens (tertiary/aromatic N) is 4. The maximum absolute atomic E-state index is 13.4. The molecule has 0 amide bonds. The van der Waals surface area contributed by atoms with Crippen molar-refractivity contribution in [2.24, 2.45) is 0 Å². The van der Waals surface area contributed by atoms with Crippen molar-refractivity contribution in [3.8, 4) is 11.4 Å². The molecule has 2 heterocycles. The standard InChI is InChI=1S/C25H19ClN4O3/c26-20-12-6-4-10-18(20)23-27-22(33-28-23)16-30-21-13-7-5-11-19(21)24(31)29(25(30)32)15-14-17-8-2-1-3-9-17/h1-13H,14-16H2. The zero-order chi connectivity index (χ0) is 22.8. The van der Waals surface area contributed by atoms with Crippen LogP contribution in [0.3, 0.4) is 0 Å². The molecule has 33 heavy (non-hydrogen) atoms. The van der Waals surface area contributed by atoms with E-state index in [-0.39, 0.29) is 24.5 Å². The minimum atomic E-state index is -0.424. The van der Waals surface area contributed by atoms with Crippen LogP contribution in [-0.4, -0.2) is 19.3 Å². The average molecular weight is 459 g/mol. The molecule has 7 nitrogen and oxygen atoms in total. The molecule has 5 rings (SSSR count). The van der Waals surface area contributed by atoms with Gasteiger partial charge in [-0.2, -0.15) is 4.98 Å². The van der Waals surface area contributed by atoms with Gasteiger partial charge in [0.2, 0.25) is 11.7 Å². The number of rotatable bonds is 6. The van der Waals surface area contributed by atoms with Crippen molar-refractivity contribution in [1.82, 2.24) is 19.3 Å². The fourth-order valence-corrected chi connectivity index (χ4v) is 4.03. The normalized spacial score (nSPS) is 11.2. The lowest BCUT2D eigenvalue weighted by molar-refractivity contribution is 0.369. The van der Waals surface area contributed by atoms with E-state index >= 15 is 0 Å². The molecule has 0 fully saturated rings. The van der Waals surface area contributed by atoms with Crippen molar-refractivity contribution in [2.75, 3.05) is 0 Å². The topological polar surface area (TPSA) is 82.9 Å². The van der Waals surface area contributed by atoms with Crippen LogP contribution in [-0.2, 0) is 19.5 Å². The smallest absolute Gasteiger partial charge is 0.331 e. The van der Waals surface area contributed by atoms with Gasteiger partial charge in [0, 0.05) is 12.1 Å². The minimum absolute atomic E-state index is 0.0302. The summed E-state index contributed by atoms with van der Waals surface area (Å²) in [5.41, 5.74) is 1.46. The van der Waals surface area contributed by atoms with E-state index in [1.807, 2.05) is 42.5 Å². The Balaban J connectivity index is 1.55. The van der Waals surface area contributed by atoms with Crippen LogP contribution in [0.25, 0.3) is 22.3 Å². The third-order valence-electron chi connectivity index (χ3n) is 5.48. The van der Waals surface area contributed by atoms with Crippen LogP contribution in [0, 0.1) is 0 Å². The molecule has 0 bridgehead atoms. The summed E-state index contributed by atoms with van der Waals surface area (Å²) in [5, 5.41) is 4.97. The summed E-state index contributed by atoms with van der Waals surface area (Å²) >= 11 is 6.24. The Morgan fingerprint density at radius 3 is 2.39 bits per heavy atom. The van der Waals surface area contributed by atoms with Gasteiger partial charge in [-0.15, -0.1) is 0 Å². The number of aryl methyl sites for hydroxylation is 1. The van der Waals surface area contributed by atoms with Gasteiger partial charge in [0.1, 0.15) is 6.54 Å². The highest BCUT2D eigenvalue weighted by atomic mass is 35.5. The molecule has 0 saturated carbocycles. The van der Waals surface area contributed by atoms with Crippen LogP contribution in [0.2, 0.25) is 5.02 Å². The van der Waals surface area contributed by atoms with E-state index in [0.29, 0.717) is 33.7 Å². The van der Waals surface area contributed by atoms with Crippen molar-refractivity contribution in [1.29, 1.82) is 0 Å². The maximum atomic E-state index is 13.4. The highest BCUT2D eigenvalue weighted by molar-refractivity contribution is 6.33. The number of hydrogen-bond acceptors (Lipinski definition) is 5. The molecule has 0 aliphatic carbocycles. The highest BCUT2D eigenvalue weighted by Crippen LogP contribution is 2.25. The first kappa shape index (κ1) is 20.9. The second-order valence-corrected chi connectivity index (χ2v) is 7.98. The molecule has 8 heteroatoms. The highest BCUT2D eigenvalue weighted by Gasteiger charge is 2.17. The van der Waals surface area contributed by atoms with Crippen LogP contribution in [0.15, 0.2) is 93.0 Å². The summed E-state index contributed by atoms with van der Waals surface area (Å²) < 4.78 is 8.17. The molecular formula is C25H19ClN4O3. The van der Waals surface area contributed by atoms with Crippen molar-refractivity contribution < 1.29 is 4.52 Å². The van der Waals surface area contributed by atoms with Crippen molar-refractivity contribution in [3.05, 3.63) is 116 Å². The summed E-state index contributed by atoms with van der Waals surface area (Å²) in [6.07, 6.45) is 0.561. The molecule has 0 radical (unpaired) electrons. The van der Waals surface area contributed by atoms with E-state index in [4.69, 9.17) is 16.1 Å². The van der Waals surface area contributed by atoms with Crippen LogP contribution in [0.1, 0.15) is 11.5 Å². The number of halogens is 1. The van der Waals surface area contributed by atoms with E-state index in [0.717, 1.165) is 5.56 Å². The molecule has 0 saturated heterocycles. The Labute approximate surface area is 193 Å². The monoisotopic (exact) mass is 458 g/mol. The SMILES string of the molecule is O=c1c2ccccc2n(Cc2nc(-c3ccccc3Cl)no2)c(=O)n1CCc1ccccc1. The van der Waals surface area contributed by atoms with Gasteiger partial charge in [-0.3, -0.25) is 13.9 Å². The van der Waals surface area contributed by atoms with Gasteiger partial charge < -0.3 is 4.52 Å². The van der Waals surface area contributed by atoms with Gasteiger partial charge in [-0.1, -0.05) is 71.4 Å². The maximum Gasteiger partial charge on any atom is 0.331 e. The minimum Gasteiger partial charge on any atom is -0.337 e. The fraction of sp³-hybridized carbons (Fsp3) is 0.120. The van der Waals surface area contributed by atoms with Gasteiger partial charge in [0.05, 0.1) is 15.9 Å². The van der Waals surface area contributed by atoms with Gasteiger partial charge in [-0.25, -0.2) is 4.79 Å². The molecule has 0 aliphatic heterocycles. The predicted octanol–water partition coefficient (Wildman–Crippen LogP) is 4.16. The number of hydrogen-bond donors (Lipinski definition) is 0. The Morgan fingerprint density at radius 2 is 1.58 bits per heavy atom. The van der Waals surface area contributed by atoms with E-state index in [2.05, 4.69) is 10.1 Å². The van der Waals surface area contributed by atoms with Gasteiger partial charge >= 0.3 is 5.69 Å². The molecular weight excluding hydrogens is 440 g/mol. The number of aromatic nitrogens is 4. The third-order valence-corrected chi connectivity index (χ3v) is 5.80. The Morgan fingerprint density at radius 1 is 0.848 bits per heavy atom. The van der Waals surface area contributed by atoms with Crippen LogP contribution >= 0.6 is 11.6 Å². The molecule has 0 atom stereocenters. The van der Waals surface area contributed by atoms with Crippen molar-refractivity contribution in [3.63, 3.8) is 0 Å². The van der Waals surface area contributed by atoms with Crippen LogP contribution in [0.4, 0.5) is 0 Å². The molecule has 2 aromatic heterocycles. The number of para-hydroxylation sites is 1. The second-order valence-electron chi connectivity index (χ2n) is 7.57. The van der Waals surface area contributed by atoms with Gasteiger partial charge in [0.15, 0.2) is 0 Å². The molecule has 0 unspecified atom stereocenters. The summed E-state index contributed by atoms with van der Waals surface area (Å²) in [4.78, 5) is 30.9. The van der Waals surface area contributed by atoms with E-state index in [1.165, 1.54) is 9.13 Å². The summed E-state index contributed by atoms with van der Waals surface area (Å²) in [6.45, 7) is 0.295. The zero-order valence-electron chi connectivity index (χ0n) is 17.5. The first-order valence-electron chi connectivity index (χ1n) is 10.5. The molecule has 0 N–H and O–H groups in total. The van der Waals surface area contributed by atoms with E-state index < -0.39 is 5.69 Å². The van der Waals surface area contributed by atoms with Crippen LogP contribution in [0.5, 0.6) is 0 Å². The molecule has 0 aliphatic rings. The van der Waals surface area contributed by atoms with E-state index in [1.54, 1.807) is 36.4 Å². The lowest BCUT2D eigenvalue weighted by atomic mass is 10.1. The zero-order valence-corrected chi connectivity index (χ0v) is 18.3. The largest absolute Gasteiger partial charge is 0.337 e. The second kappa shape index (κ2) is 8.88. The predicted molar refractivity (Wildman–Crippen MR) is 126 cm³/mol. The third kappa shape index (κ3) is 4.10. The first-order chi connectivity index (χ1) is 16.1. The first-order valence-corrected chi connectivity index (χ1v) is 10.8. The quantitative estimate of drug-likeness (QED) is 0.381.